The van der Waals surface area contributed by atoms with E-state index in [9.17, 15) is 14.0 Å². The zero-order chi connectivity index (χ0) is 18.2. The van der Waals surface area contributed by atoms with Crippen LogP contribution in [0.15, 0.2) is 51.8 Å². The summed E-state index contributed by atoms with van der Waals surface area (Å²) in [5, 5.41) is 0.614. The molecular weight excluding hydrogens is 435 g/mol. The van der Waals surface area contributed by atoms with E-state index in [1.807, 2.05) is 0 Å². The summed E-state index contributed by atoms with van der Waals surface area (Å²) in [6.45, 7) is -0.427. The van der Waals surface area contributed by atoms with Crippen LogP contribution in [0.5, 0.6) is 5.75 Å². The minimum absolute atomic E-state index is 0.0528. The van der Waals surface area contributed by atoms with E-state index in [0.717, 1.165) is 4.90 Å². The second kappa shape index (κ2) is 9.65. The third kappa shape index (κ3) is 6.93. The molecule has 0 radical (unpaired) electrons. The number of benzene rings is 2. The Balaban J connectivity index is 1.68. The first-order valence-electron chi connectivity index (χ1n) is 6.98. The van der Waals surface area contributed by atoms with E-state index in [2.05, 4.69) is 26.8 Å². The number of hydrogen-bond donors (Lipinski definition) is 2. The number of carbonyl (C=O) groups excluding carboxylic acids is 2. The molecule has 132 valence electrons. The highest BCUT2D eigenvalue weighted by Gasteiger charge is 2.09. The van der Waals surface area contributed by atoms with E-state index >= 15 is 0 Å². The molecule has 0 bridgehead atoms. The standard InChI is InChI=1S/C16H13BrClFN2O3S/c17-10-1-6-14(13(19)7-10)24-8-15(22)20-21-16(23)9-25-12-4-2-11(18)3-5-12/h1-7H,8-9H2,(H,20,22)(H,21,23). The van der Waals surface area contributed by atoms with Gasteiger partial charge < -0.3 is 4.74 Å². The fourth-order valence-corrected chi connectivity index (χ4v) is 2.78. The van der Waals surface area contributed by atoms with Crippen molar-refractivity contribution in [3.8, 4) is 5.75 Å². The maximum absolute atomic E-state index is 13.5. The first-order chi connectivity index (χ1) is 11.9. The molecule has 25 heavy (non-hydrogen) atoms. The van der Waals surface area contributed by atoms with Crippen LogP contribution in [-0.4, -0.2) is 24.2 Å². The van der Waals surface area contributed by atoms with Gasteiger partial charge in [0, 0.05) is 14.4 Å². The van der Waals surface area contributed by atoms with E-state index in [0.29, 0.717) is 9.50 Å². The lowest BCUT2D eigenvalue weighted by atomic mass is 10.3. The number of carbonyl (C=O) groups is 2. The lowest BCUT2D eigenvalue weighted by Gasteiger charge is -2.09. The van der Waals surface area contributed by atoms with Gasteiger partial charge in [-0.25, -0.2) is 4.39 Å². The summed E-state index contributed by atoms with van der Waals surface area (Å²) >= 11 is 10.2. The minimum Gasteiger partial charge on any atom is -0.481 e. The van der Waals surface area contributed by atoms with Crippen molar-refractivity contribution in [1.29, 1.82) is 0 Å². The molecule has 2 amide bonds. The van der Waals surface area contributed by atoms with Gasteiger partial charge in [-0.15, -0.1) is 11.8 Å². The third-order valence-electron chi connectivity index (χ3n) is 2.78. The summed E-state index contributed by atoms with van der Waals surface area (Å²) in [6, 6.07) is 11.2. The van der Waals surface area contributed by atoms with Crippen molar-refractivity contribution in [2.45, 2.75) is 4.90 Å². The second-order valence-electron chi connectivity index (χ2n) is 4.70. The van der Waals surface area contributed by atoms with Crippen LogP contribution in [0.25, 0.3) is 0 Å². The van der Waals surface area contributed by atoms with Crippen LogP contribution in [0.3, 0.4) is 0 Å². The maximum atomic E-state index is 13.5. The molecule has 0 aromatic heterocycles. The number of nitrogens with one attached hydrogen (secondary N) is 2. The van der Waals surface area contributed by atoms with Crippen LogP contribution < -0.4 is 15.6 Å². The molecule has 0 aliphatic rings. The summed E-state index contributed by atoms with van der Waals surface area (Å²) in [6.07, 6.45) is 0. The molecule has 9 heteroatoms. The van der Waals surface area contributed by atoms with Gasteiger partial charge >= 0.3 is 0 Å². The molecule has 0 atom stereocenters. The highest BCUT2D eigenvalue weighted by molar-refractivity contribution is 9.10. The summed E-state index contributed by atoms with van der Waals surface area (Å²) in [7, 11) is 0. The number of amides is 2. The van der Waals surface area contributed by atoms with Gasteiger partial charge in [0.25, 0.3) is 5.91 Å². The van der Waals surface area contributed by atoms with Crippen molar-refractivity contribution in [1.82, 2.24) is 10.9 Å². The predicted molar refractivity (Wildman–Crippen MR) is 98.1 cm³/mol. The Hall–Kier alpha value is -1.77. The van der Waals surface area contributed by atoms with Gasteiger partial charge in [-0.05, 0) is 42.5 Å². The molecule has 0 aliphatic heterocycles. The lowest BCUT2D eigenvalue weighted by Crippen LogP contribution is -2.44. The van der Waals surface area contributed by atoms with Crippen molar-refractivity contribution in [3.63, 3.8) is 0 Å². The number of halogens is 3. The molecule has 0 aliphatic carbocycles. The number of hydrogen-bond acceptors (Lipinski definition) is 4. The molecule has 0 saturated carbocycles. The van der Waals surface area contributed by atoms with E-state index in [1.54, 1.807) is 30.3 Å². The second-order valence-corrected chi connectivity index (χ2v) is 7.10. The molecular formula is C16H13BrClFN2O3S. The van der Waals surface area contributed by atoms with Gasteiger partial charge in [0.1, 0.15) is 0 Å². The lowest BCUT2D eigenvalue weighted by molar-refractivity contribution is -0.128. The monoisotopic (exact) mass is 446 g/mol. The van der Waals surface area contributed by atoms with Gasteiger partial charge in [0.05, 0.1) is 5.75 Å². The maximum Gasteiger partial charge on any atom is 0.276 e. The Labute approximate surface area is 161 Å². The van der Waals surface area contributed by atoms with Gasteiger partial charge in [0.2, 0.25) is 5.91 Å². The highest BCUT2D eigenvalue weighted by atomic mass is 79.9. The van der Waals surface area contributed by atoms with Crippen LogP contribution >= 0.6 is 39.3 Å². The van der Waals surface area contributed by atoms with Crippen molar-refractivity contribution in [2.24, 2.45) is 0 Å². The molecule has 0 spiro atoms. The summed E-state index contributed by atoms with van der Waals surface area (Å²) in [4.78, 5) is 24.2. The molecule has 0 unspecified atom stereocenters. The van der Waals surface area contributed by atoms with Crippen molar-refractivity contribution < 1.29 is 18.7 Å². The number of rotatable bonds is 6. The molecule has 5 nitrogen and oxygen atoms in total. The van der Waals surface area contributed by atoms with Crippen LogP contribution in [0.4, 0.5) is 4.39 Å². The molecule has 2 N–H and O–H groups in total. The van der Waals surface area contributed by atoms with Crippen LogP contribution in [0.1, 0.15) is 0 Å². The van der Waals surface area contributed by atoms with Crippen molar-refractivity contribution in [3.05, 3.63) is 57.8 Å². The van der Waals surface area contributed by atoms with Gasteiger partial charge in [0.15, 0.2) is 18.2 Å². The van der Waals surface area contributed by atoms with Gasteiger partial charge in [-0.3, -0.25) is 20.4 Å². The largest absolute Gasteiger partial charge is 0.481 e. The molecule has 0 saturated heterocycles. The van der Waals surface area contributed by atoms with Crippen LogP contribution in [0.2, 0.25) is 5.02 Å². The van der Waals surface area contributed by atoms with E-state index < -0.39 is 18.3 Å². The molecule has 0 fully saturated rings. The number of ether oxygens (including phenoxy) is 1. The SMILES string of the molecule is O=C(COc1ccc(Br)cc1F)NNC(=O)CSc1ccc(Cl)cc1. The first kappa shape index (κ1) is 19.6. The Morgan fingerprint density at radius 3 is 2.48 bits per heavy atom. The van der Waals surface area contributed by atoms with E-state index in [1.165, 1.54) is 23.9 Å². The first-order valence-corrected chi connectivity index (χ1v) is 9.13. The van der Waals surface area contributed by atoms with Crippen LogP contribution in [-0.2, 0) is 9.59 Å². The predicted octanol–water partition coefficient (Wildman–Crippen LogP) is 3.56. The smallest absolute Gasteiger partial charge is 0.276 e. The topological polar surface area (TPSA) is 67.4 Å². The fraction of sp³-hybridized carbons (Fsp3) is 0.125. The number of hydrazine groups is 1. The van der Waals surface area contributed by atoms with Crippen molar-refractivity contribution in [2.75, 3.05) is 12.4 Å². The van der Waals surface area contributed by atoms with Gasteiger partial charge in [-0.2, -0.15) is 0 Å². The summed E-state index contributed by atoms with van der Waals surface area (Å²) in [5.74, 6) is -1.52. The minimum atomic E-state index is -0.604. The fourth-order valence-electron chi connectivity index (χ4n) is 1.63. The van der Waals surface area contributed by atoms with Crippen molar-refractivity contribution >= 4 is 51.1 Å². The zero-order valence-electron chi connectivity index (χ0n) is 12.7. The Kier molecular flexibility index (Phi) is 7.54. The molecule has 0 heterocycles. The summed E-state index contributed by atoms with van der Waals surface area (Å²) < 4.78 is 19.1. The Morgan fingerprint density at radius 2 is 1.80 bits per heavy atom. The molecule has 2 aromatic rings. The Morgan fingerprint density at radius 1 is 1.12 bits per heavy atom. The van der Waals surface area contributed by atoms with E-state index in [-0.39, 0.29) is 17.4 Å². The average molecular weight is 448 g/mol. The quantitative estimate of drug-likeness (QED) is 0.525. The highest BCUT2D eigenvalue weighted by Crippen LogP contribution is 2.21. The molecule has 2 aromatic carbocycles. The van der Waals surface area contributed by atoms with Gasteiger partial charge in [-0.1, -0.05) is 27.5 Å². The number of thioether (sulfide) groups is 1. The Bertz CT molecular complexity index is 762. The van der Waals surface area contributed by atoms with Crippen LogP contribution in [0, 0.1) is 5.82 Å². The zero-order valence-corrected chi connectivity index (χ0v) is 15.9. The summed E-state index contributed by atoms with van der Waals surface area (Å²) in [5.41, 5.74) is 4.46. The molecule has 2 rings (SSSR count). The average Bonchev–Trinajstić information content (AvgIpc) is 2.58. The normalized spacial score (nSPS) is 10.2. The third-order valence-corrected chi connectivity index (χ3v) is 4.53. The van der Waals surface area contributed by atoms with E-state index in [4.69, 9.17) is 16.3 Å².